The van der Waals surface area contributed by atoms with Crippen LogP contribution in [0.1, 0.15) is 32.3 Å². The summed E-state index contributed by atoms with van der Waals surface area (Å²) in [7, 11) is -3.66. The third-order valence-corrected chi connectivity index (χ3v) is 6.77. The van der Waals surface area contributed by atoms with Gasteiger partial charge in [0.05, 0.1) is 17.1 Å². The van der Waals surface area contributed by atoms with Crippen molar-refractivity contribution in [2.75, 3.05) is 19.6 Å². The van der Waals surface area contributed by atoms with Crippen LogP contribution in [-0.4, -0.2) is 61.4 Å². The van der Waals surface area contributed by atoms with Crippen molar-refractivity contribution < 1.29 is 17.9 Å². The predicted molar refractivity (Wildman–Crippen MR) is 94.7 cm³/mol. The van der Waals surface area contributed by atoms with Crippen LogP contribution in [0.3, 0.4) is 0 Å². The van der Waals surface area contributed by atoms with Gasteiger partial charge in [-0.15, -0.1) is 0 Å². The van der Waals surface area contributed by atoms with Crippen molar-refractivity contribution in [3.63, 3.8) is 0 Å². The fourth-order valence-electron chi connectivity index (χ4n) is 3.69. The van der Waals surface area contributed by atoms with Crippen LogP contribution in [0.15, 0.2) is 29.2 Å². The van der Waals surface area contributed by atoms with Crippen molar-refractivity contribution in [1.29, 1.82) is 0 Å². The van der Waals surface area contributed by atoms with Crippen LogP contribution in [0.2, 0.25) is 0 Å². The van der Waals surface area contributed by atoms with Crippen LogP contribution in [0.4, 0.5) is 0 Å². The number of ether oxygens (including phenoxy) is 1. The molecule has 6 nitrogen and oxygen atoms in total. The van der Waals surface area contributed by atoms with Gasteiger partial charge in [-0.05, 0) is 45.7 Å². The number of aryl methyl sites for hydroxylation is 1. The topological polar surface area (TPSA) is 66.9 Å². The van der Waals surface area contributed by atoms with Gasteiger partial charge in [0.1, 0.15) is 6.04 Å². The molecular formula is C18H26N2O4S. The Kier molecular flexibility index (Phi) is 5.18. The maximum atomic E-state index is 13.0. The Hall–Kier alpha value is -1.44. The van der Waals surface area contributed by atoms with E-state index in [0.717, 1.165) is 5.56 Å². The Morgan fingerprint density at radius 2 is 1.72 bits per heavy atom. The first kappa shape index (κ1) is 18.4. The molecule has 0 saturated carbocycles. The van der Waals surface area contributed by atoms with Crippen LogP contribution in [0.25, 0.3) is 0 Å². The van der Waals surface area contributed by atoms with Crippen molar-refractivity contribution in [3.8, 4) is 0 Å². The molecule has 138 valence electrons. The van der Waals surface area contributed by atoms with Crippen molar-refractivity contribution in [2.24, 2.45) is 0 Å². The third kappa shape index (κ3) is 3.73. The molecule has 0 spiro atoms. The summed E-state index contributed by atoms with van der Waals surface area (Å²) in [6, 6.07) is 6.19. The van der Waals surface area contributed by atoms with Gasteiger partial charge in [-0.25, -0.2) is 8.42 Å². The van der Waals surface area contributed by atoms with Gasteiger partial charge in [0, 0.05) is 19.6 Å². The van der Waals surface area contributed by atoms with Crippen molar-refractivity contribution in [2.45, 2.75) is 56.8 Å². The van der Waals surface area contributed by atoms with Crippen molar-refractivity contribution in [3.05, 3.63) is 29.8 Å². The van der Waals surface area contributed by atoms with Gasteiger partial charge >= 0.3 is 0 Å². The van der Waals surface area contributed by atoms with Crippen molar-refractivity contribution in [1.82, 2.24) is 9.21 Å². The van der Waals surface area contributed by atoms with Gasteiger partial charge in [0.15, 0.2) is 0 Å². The summed E-state index contributed by atoms with van der Waals surface area (Å²) in [6.07, 6.45) is 1.22. The highest BCUT2D eigenvalue weighted by molar-refractivity contribution is 7.89. The van der Waals surface area contributed by atoms with E-state index >= 15 is 0 Å². The number of carbonyl (C=O) groups excluding carboxylic acids is 1. The van der Waals surface area contributed by atoms with E-state index in [1.54, 1.807) is 29.2 Å². The number of hydrogen-bond donors (Lipinski definition) is 0. The van der Waals surface area contributed by atoms with E-state index in [1.165, 1.54) is 4.31 Å². The molecule has 0 aromatic heterocycles. The van der Waals surface area contributed by atoms with Crippen LogP contribution in [0, 0.1) is 6.92 Å². The molecule has 3 atom stereocenters. The average molecular weight is 366 g/mol. The number of morpholine rings is 1. The second-order valence-corrected chi connectivity index (χ2v) is 8.98. The smallest absolute Gasteiger partial charge is 0.243 e. The Bertz CT molecular complexity index is 722. The monoisotopic (exact) mass is 366 g/mol. The lowest BCUT2D eigenvalue weighted by molar-refractivity contribution is -0.146. The van der Waals surface area contributed by atoms with Crippen LogP contribution in [0.5, 0.6) is 0 Å². The fraction of sp³-hybridized carbons (Fsp3) is 0.611. The standard InChI is InChI=1S/C18H26N2O4S/c1-13-6-8-16(9-7-13)25(22,23)20-10-4-5-17(20)18(21)19-11-14(2)24-15(3)12-19/h6-9,14-15,17H,4-5,10-12H2,1-3H3/t14-,15+,17-/m1/s1. The van der Waals surface area contributed by atoms with E-state index in [4.69, 9.17) is 4.74 Å². The maximum Gasteiger partial charge on any atom is 0.243 e. The predicted octanol–water partition coefficient (Wildman–Crippen LogP) is 1.78. The molecule has 0 bridgehead atoms. The van der Waals surface area contributed by atoms with E-state index in [1.807, 2.05) is 20.8 Å². The summed E-state index contributed by atoms with van der Waals surface area (Å²) in [5.74, 6) is -0.102. The van der Waals surface area contributed by atoms with Gasteiger partial charge in [-0.1, -0.05) is 17.7 Å². The molecule has 0 aliphatic carbocycles. The number of hydrogen-bond acceptors (Lipinski definition) is 4. The molecule has 1 aromatic carbocycles. The molecule has 1 aromatic rings. The summed E-state index contributed by atoms with van der Waals surface area (Å²) in [4.78, 5) is 15.0. The summed E-state index contributed by atoms with van der Waals surface area (Å²) in [5, 5.41) is 0. The largest absolute Gasteiger partial charge is 0.372 e. The Balaban J connectivity index is 1.82. The number of rotatable bonds is 3. The quantitative estimate of drug-likeness (QED) is 0.818. The lowest BCUT2D eigenvalue weighted by Crippen LogP contribution is -2.54. The summed E-state index contributed by atoms with van der Waals surface area (Å²) >= 11 is 0. The normalized spacial score (nSPS) is 28.3. The summed E-state index contributed by atoms with van der Waals surface area (Å²) in [5.41, 5.74) is 1.00. The molecule has 2 saturated heterocycles. The lowest BCUT2D eigenvalue weighted by atomic mass is 10.1. The molecular weight excluding hydrogens is 340 g/mol. The Labute approximate surface area is 149 Å². The number of amides is 1. The second kappa shape index (κ2) is 7.05. The summed E-state index contributed by atoms with van der Waals surface area (Å²) < 4.78 is 33.1. The van der Waals surface area contributed by atoms with Gasteiger partial charge in [0.2, 0.25) is 15.9 Å². The number of sulfonamides is 1. The first-order chi connectivity index (χ1) is 11.8. The SMILES string of the molecule is Cc1ccc(S(=O)(=O)N2CCC[C@@H]2C(=O)N2C[C@@H](C)O[C@@H](C)C2)cc1. The molecule has 25 heavy (non-hydrogen) atoms. The fourth-order valence-corrected chi connectivity index (χ4v) is 5.34. The molecule has 7 heteroatoms. The highest BCUT2D eigenvalue weighted by Gasteiger charge is 2.42. The number of carbonyl (C=O) groups is 1. The van der Waals surface area contributed by atoms with Gasteiger partial charge in [-0.3, -0.25) is 4.79 Å². The number of nitrogens with zero attached hydrogens (tertiary/aromatic N) is 2. The molecule has 0 N–H and O–H groups in total. The van der Waals surface area contributed by atoms with Gasteiger partial charge < -0.3 is 9.64 Å². The van der Waals surface area contributed by atoms with Crippen molar-refractivity contribution >= 4 is 15.9 Å². The molecule has 2 aliphatic rings. The summed E-state index contributed by atoms with van der Waals surface area (Å²) in [6.45, 7) is 7.20. The van der Waals surface area contributed by atoms with E-state index in [-0.39, 0.29) is 23.0 Å². The van der Waals surface area contributed by atoms with Crippen LogP contribution in [-0.2, 0) is 19.6 Å². The van der Waals surface area contributed by atoms with Gasteiger partial charge in [0.25, 0.3) is 0 Å². The minimum absolute atomic E-state index is 0.0312. The maximum absolute atomic E-state index is 13.0. The van der Waals surface area contributed by atoms with E-state index < -0.39 is 16.1 Å². The minimum Gasteiger partial charge on any atom is -0.372 e. The van der Waals surface area contributed by atoms with E-state index in [9.17, 15) is 13.2 Å². The Morgan fingerprint density at radius 3 is 2.32 bits per heavy atom. The zero-order valence-electron chi connectivity index (χ0n) is 15.0. The lowest BCUT2D eigenvalue weighted by Gasteiger charge is -2.37. The van der Waals surface area contributed by atoms with Crippen LogP contribution >= 0.6 is 0 Å². The molecule has 1 amide bonds. The first-order valence-electron chi connectivity index (χ1n) is 8.82. The molecule has 3 rings (SSSR count). The highest BCUT2D eigenvalue weighted by Crippen LogP contribution is 2.28. The van der Waals surface area contributed by atoms with E-state index in [2.05, 4.69) is 0 Å². The van der Waals surface area contributed by atoms with Crippen LogP contribution < -0.4 is 0 Å². The zero-order chi connectivity index (χ0) is 18.2. The molecule has 0 radical (unpaired) electrons. The first-order valence-corrected chi connectivity index (χ1v) is 10.3. The minimum atomic E-state index is -3.66. The average Bonchev–Trinajstić information content (AvgIpc) is 3.04. The molecule has 2 fully saturated rings. The molecule has 2 heterocycles. The highest BCUT2D eigenvalue weighted by atomic mass is 32.2. The van der Waals surface area contributed by atoms with E-state index in [0.29, 0.717) is 32.5 Å². The zero-order valence-corrected chi connectivity index (χ0v) is 15.8. The molecule has 2 aliphatic heterocycles. The van der Waals surface area contributed by atoms with Gasteiger partial charge in [-0.2, -0.15) is 4.31 Å². The Morgan fingerprint density at radius 1 is 1.12 bits per heavy atom. The molecule has 0 unspecified atom stereocenters. The second-order valence-electron chi connectivity index (χ2n) is 7.09. The third-order valence-electron chi connectivity index (χ3n) is 4.85. The number of benzene rings is 1.